The summed E-state index contributed by atoms with van der Waals surface area (Å²) in [4.78, 5) is 25.3. The zero-order chi connectivity index (χ0) is 18.8. The van der Waals surface area contributed by atoms with Gasteiger partial charge in [0.2, 0.25) is 0 Å². The summed E-state index contributed by atoms with van der Waals surface area (Å²) < 4.78 is 10.1. The molecular weight excluding hydrogens is 324 g/mol. The van der Waals surface area contributed by atoms with Gasteiger partial charge in [-0.25, -0.2) is 4.79 Å². The SMILES string of the molecule is CCOC(=O)N(/C=C(/C#N)C(=O)Nc1cc(C)ccc1OC)CCN. The van der Waals surface area contributed by atoms with Gasteiger partial charge in [-0.2, -0.15) is 5.26 Å². The average molecular weight is 346 g/mol. The fourth-order valence-corrected chi connectivity index (χ4v) is 1.96. The second-order valence-corrected chi connectivity index (χ2v) is 4.99. The van der Waals surface area contributed by atoms with Gasteiger partial charge in [-0.1, -0.05) is 6.07 Å². The molecule has 0 aliphatic carbocycles. The third kappa shape index (κ3) is 5.82. The molecule has 3 N–H and O–H groups in total. The Bertz CT molecular complexity index is 694. The Kier molecular flexibility index (Phi) is 7.96. The Morgan fingerprint density at radius 3 is 2.72 bits per heavy atom. The van der Waals surface area contributed by atoms with Gasteiger partial charge < -0.3 is 20.5 Å². The molecular formula is C17H22N4O4. The van der Waals surface area contributed by atoms with Gasteiger partial charge in [0.05, 0.1) is 19.4 Å². The van der Waals surface area contributed by atoms with Crippen LogP contribution in [-0.2, 0) is 9.53 Å². The predicted molar refractivity (Wildman–Crippen MR) is 92.8 cm³/mol. The Morgan fingerprint density at radius 2 is 2.16 bits per heavy atom. The number of hydrogen-bond acceptors (Lipinski definition) is 6. The molecule has 0 saturated heterocycles. The van der Waals surface area contributed by atoms with Crippen LogP contribution in [0, 0.1) is 18.3 Å². The Morgan fingerprint density at radius 1 is 1.44 bits per heavy atom. The van der Waals surface area contributed by atoms with Crippen LogP contribution in [0.2, 0.25) is 0 Å². The van der Waals surface area contributed by atoms with Crippen LogP contribution >= 0.6 is 0 Å². The van der Waals surface area contributed by atoms with E-state index in [0.29, 0.717) is 11.4 Å². The minimum absolute atomic E-state index is 0.116. The minimum atomic E-state index is -0.679. The average Bonchev–Trinajstić information content (AvgIpc) is 2.58. The van der Waals surface area contributed by atoms with Crippen molar-refractivity contribution in [3.63, 3.8) is 0 Å². The van der Waals surface area contributed by atoms with Gasteiger partial charge in [-0.3, -0.25) is 9.69 Å². The lowest BCUT2D eigenvalue weighted by molar-refractivity contribution is -0.112. The highest BCUT2D eigenvalue weighted by Gasteiger charge is 2.17. The van der Waals surface area contributed by atoms with Crippen LogP contribution in [0.3, 0.4) is 0 Å². The molecule has 0 saturated carbocycles. The molecule has 0 unspecified atom stereocenters. The van der Waals surface area contributed by atoms with Crippen LogP contribution in [0.1, 0.15) is 12.5 Å². The van der Waals surface area contributed by atoms with Crippen LogP contribution in [0.15, 0.2) is 30.0 Å². The van der Waals surface area contributed by atoms with Gasteiger partial charge in [0.25, 0.3) is 5.91 Å². The monoisotopic (exact) mass is 346 g/mol. The number of anilines is 1. The molecule has 8 heteroatoms. The number of ether oxygens (including phenoxy) is 2. The zero-order valence-electron chi connectivity index (χ0n) is 14.5. The Labute approximate surface area is 146 Å². The van der Waals surface area contributed by atoms with Crippen molar-refractivity contribution in [1.29, 1.82) is 5.26 Å². The first-order valence-corrected chi connectivity index (χ1v) is 7.68. The number of amides is 2. The number of carbonyl (C=O) groups is 2. The van der Waals surface area contributed by atoms with E-state index < -0.39 is 12.0 Å². The predicted octanol–water partition coefficient (Wildman–Crippen LogP) is 1.77. The molecule has 1 aromatic carbocycles. The molecule has 8 nitrogen and oxygen atoms in total. The lowest BCUT2D eigenvalue weighted by Gasteiger charge is -2.17. The van der Waals surface area contributed by atoms with E-state index in [0.717, 1.165) is 16.7 Å². The first-order chi connectivity index (χ1) is 12.0. The summed E-state index contributed by atoms with van der Waals surface area (Å²) in [5, 5.41) is 11.9. The number of nitrogens with one attached hydrogen (secondary N) is 1. The number of nitrogens with two attached hydrogens (primary N) is 1. The van der Waals surface area contributed by atoms with Crippen molar-refractivity contribution in [3.8, 4) is 11.8 Å². The zero-order valence-corrected chi connectivity index (χ0v) is 14.5. The topological polar surface area (TPSA) is 118 Å². The second-order valence-electron chi connectivity index (χ2n) is 4.99. The van der Waals surface area contributed by atoms with Crippen molar-refractivity contribution in [2.45, 2.75) is 13.8 Å². The van der Waals surface area contributed by atoms with E-state index >= 15 is 0 Å². The lowest BCUT2D eigenvalue weighted by atomic mass is 10.2. The number of methoxy groups -OCH3 is 1. The fourth-order valence-electron chi connectivity index (χ4n) is 1.96. The molecule has 0 aromatic heterocycles. The molecule has 0 heterocycles. The van der Waals surface area contributed by atoms with Crippen LogP contribution < -0.4 is 15.8 Å². The molecule has 2 amide bonds. The van der Waals surface area contributed by atoms with Crippen molar-refractivity contribution in [3.05, 3.63) is 35.5 Å². The summed E-state index contributed by atoms with van der Waals surface area (Å²) in [6, 6.07) is 7.04. The largest absolute Gasteiger partial charge is 0.495 e. The molecule has 0 radical (unpaired) electrons. The van der Waals surface area contributed by atoms with Gasteiger partial charge in [0, 0.05) is 19.3 Å². The quantitative estimate of drug-likeness (QED) is 0.574. The van der Waals surface area contributed by atoms with Crippen molar-refractivity contribution in [1.82, 2.24) is 4.90 Å². The Hall–Kier alpha value is -3.05. The van der Waals surface area contributed by atoms with Crippen molar-refractivity contribution < 1.29 is 19.1 Å². The number of benzene rings is 1. The smallest absolute Gasteiger partial charge is 0.413 e. The standard InChI is InChI=1S/C17H22N4O4/c1-4-25-17(23)21(8-7-18)11-13(10-19)16(22)20-14-9-12(2)5-6-15(14)24-3/h5-6,9,11H,4,7-8,18H2,1-3H3,(H,20,22)/b13-11-. The van der Waals surface area contributed by atoms with E-state index in [1.54, 1.807) is 25.1 Å². The maximum absolute atomic E-state index is 12.4. The molecule has 0 bridgehead atoms. The maximum atomic E-state index is 12.4. The molecule has 25 heavy (non-hydrogen) atoms. The van der Waals surface area contributed by atoms with Gasteiger partial charge >= 0.3 is 6.09 Å². The van der Waals surface area contributed by atoms with Crippen LogP contribution in [0.25, 0.3) is 0 Å². The highest BCUT2D eigenvalue weighted by atomic mass is 16.6. The highest BCUT2D eigenvalue weighted by Crippen LogP contribution is 2.25. The number of rotatable bonds is 7. The van der Waals surface area contributed by atoms with Gasteiger partial charge in [-0.05, 0) is 31.5 Å². The summed E-state index contributed by atoms with van der Waals surface area (Å²) in [7, 11) is 1.48. The summed E-state index contributed by atoms with van der Waals surface area (Å²) in [5.41, 5.74) is 6.53. The first-order valence-electron chi connectivity index (χ1n) is 7.68. The summed E-state index contributed by atoms with van der Waals surface area (Å²) in [5.74, 6) is -0.210. The van der Waals surface area contributed by atoms with Gasteiger partial charge in [-0.15, -0.1) is 0 Å². The molecule has 0 atom stereocenters. The number of hydrogen-bond donors (Lipinski definition) is 2. The highest BCUT2D eigenvalue weighted by molar-refractivity contribution is 6.07. The summed E-state index contributed by atoms with van der Waals surface area (Å²) in [6.45, 7) is 3.96. The first kappa shape index (κ1) is 20.0. The summed E-state index contributed by atoms with van der Waals surface area (Å²) >= 11 is 0. The second kappa shape index (κ2) is 9.95. The van der Waals surface area contributed by atoms with Crippen molar-refractivity contribution in [2.75, 3.05) is 32.1 Å². The van der Waals surface area contributed by atoms with Gasteiger partial charge in [0.1, 0.15) is 17.4 Å². The lowest BCUT2D eigenvalue weighted by Crippen LogP contribution is -2.32. The molecule has 0 fully saturated rings. The Balaban J connectivity index is 3.05. The van der Waals surface area contributed by atoms with Crippen LogP contribution in [0.4, 0.5) is 10.5 Å². The third-order valence-electron chi connectivity index (χ3n) is 3.13. The summed E-state index contributed by atoms with van der Waals surface area (Å²) in [6.07, 6.45) is 0.448. The van der Waals surface area contributed by atoms with Crippen molar-refractivity contribution >= 4 is 17.7 Å². The van der Waals surface area contributed by atoms with E-state index in [-0.39, 0.29) is 25.3 Å². The molecule has 0 aliphatic rings. The third-order valence-corrected chi connectivity index (χ3v) is 3.13. The minimum Gasteiger partial charge on any atom is -0.495 e. The number of carbonyl (C=O) groups excluding carboxylic acids is 2. The molecule has 134 valence electrons. The van der Waals surface area contributed by atoms with Crippen LogP contribution in [0.5, 0.6) is 5.75 Å². The van der Waals surface area contributed by atoms with E-state index in [1.807, 2.05) is 13.0 Å². The fraction of sp³-hybridized carbons (Fsp3) is 0.353. The van der Waals surface area contributed by atoms with E-state index in [4.69, 9.17) is 15.2 Å². The van der Waals surface area contributed by atoms with Crippen LogP contribution in [-0.4, -0.2) is 43.7 Å². The normalized spacial score (nSPS) is 10.6. The number of nitrogens with zero attached hydrogens (tertiary/aromatic N) is 2. The van der Waals surface area contributed by atoms with Crippen molar-refractivity contribution in [2.24, 2.45) is 5.73 Å². The van der Waals surface area contributed by atoms with E-state index in [1.165, 1.54) is 7.11 Å². The number of aryl methyl sites for hydroxylation is 1. The maximum Gasteiger partial charge on any atom is 0.413 e. The van der Waals surface area contributed by atoms with Gasteiger partial charge in [0.15, 0.2) is 0 Å². The number of nitriles is 1. The molecule has 1 aromatic rings. The van der Waals surface area contributed by atoms with E-state index in [2.05, 4.69) is 5.32 Å². The molecule has 0 spiro atoms. The molecule has 0 aliphatic heterocycles. The van der Waals surface area contributed by atoms with E-state index in [9.17, 15) is 14.9 Å². The molecule has 1 rings (SSSR count).